The molecule has 1 atom stereocenters. The Balaban J connectivity index is 2.54. The highest BCUT2D eigenvalue weighted by molar-refractivity contribution is 8.00. The number of nitrogens with one attached hydrogen (secondary N) is 1. The summed E-state index contributed by atoms with van der Waals surface area (Å²) in [5.74, 6) is 5.15. The summed E-state index contributed by atoms with van der Waals surface area (Å²) in [6, 6.07) is 0. The zero-order valence-electron chi connectivity index (χ0n) is 7.27. The maximum Gasteiger partial charge on any atom is 0.277 e. The van der Waals surface area contributed by atoms with Crippen molar-refractivity contribution in [2.24, 2.45) is 5.84 Å². The molecule has 0 saturated carbocycles. The normalized spacial score (nSPS) is 12.5. The molecule has 1 rings (SSSR count). The van der Waals surface area contributed by atoms with Crippen LogP contribution in [0.3, 0.4) is 0 Å². The van der Waals surface area contributed by atoms with Crippen LogP contribution in [0, 0.1) is 6.92 Å². The van der Waals surface area contributed by atoms with Crippen LogP contribution in [0.5, 0.6) is 0 Å². The first-order valence-electron chi connectivity index (χ1n) is 3.60. The van der Waals surface area contributed by atoms with Gasteiger partial charge in [0.05, 0.1) is 5.25 Å². The van der Waals surface area contributed by atoms with Gasteiger partial charge in [-0.2, -0.15) is 0 Å². The van der Waals surface area contributed by atoms with Crippen LogP contribution in [-0.4, -0.2) is 21.4 Å². The van der Waals surface area contributed by atoms with Gasteiger partial charge in [-0.3, -0.25) is 10.2 Å². The Labute approximate surface area is 79.2 Å². The highest BCUT2D eigenvalue weighted by atomic mass is 32.2. The Kier molecular flexibility index (Phi) is 3.26. The van der Waals surface area contributed by atoms with Crippen molar-refractivity contribution in [3.8, 4) is 0 Å². The molecule has 13 heavy (non-hydrogen) atoms. The molecule has 0 spiro atoms. The van der Waals surface area contributed by atoms with E-state index >= 15 is 0 Å². The number of carbonyl (C=O) groups excluding carboxylic acids is 1. The monoisotopic (exact) mass is 202 g/mol. The van der Waals surface area contributed by atoms with Gasteiger partial charge in [0.1, 0.15) is 0 Å². The summed E-state index contributed by atoms with van der Waals surface area (Å²) in [5, 5.41) is 7.38. The lowest BCUT2D eigenvalue weighted by atomic mass is 10.5. The van der Waals surface area contributed by atoms with Crippen LogP contribution in [-0.2, 0) is 4.79 Å². The van der Waals surface area contributed by atoms with E-state index in [9.17, 15) is 4.79 Å². The molecular formula is C6H10N4O2S. The Hall–Kier alpha value is -1.08. The van der Waals surface area contributed by atoms with E-state index in [4.69, 9.17) is 10.3 Å². The van der Waals surface area contributed by atoms with E-state index < -0.39 is 0 Å². The van der Waals surface area contributed by atoms with E-state index in [-0.39, 0.29) is 11.2 Å². The number of hydrogen-bond acceptors (Lipinski definition) is 6. The maximum absolute atomic E-state index is 11.0. The minimum absolute atomic E-state index is 0.277. The lowest BCUT2D eigenvalue weighted by Gasteiger charge is -2.04. The molecule has 0 bridgehead atoms. The third kappa shape index (κ3) is 2.71. The lowest BCUT2D eigenvalue weighted by molar-refractivity contribution is -0.120. The minimum atomic E-state index is -0.343. The number of thioether (sulfide) groups is 1. The van der Waals surface area contributed by atoms with E-state index in [2.05, 4.69) is 10.2 Å². The van der Waals surface area contributed by atoms with E-state index in [1.165, 1.54) is 0 Å². The third-order valence-electron chi connectivity index (χ3n) is 1.30. The first kappa shape index (κ1) is 10.0. The van der Waals surface area contributed by atoms with Gasteiger partial charge in [-0.25, -0.2) is 5.84 Å². The van der Waals surface area contributed by atoms with Crippen LogP contribution >= 0.6 is 11.8 Å². The first-order chi connectivity index (χ1) is 6.13. The molecule has 1 aromatic heterocycles. The van der Waals surface area contributed by atoms with Crippen LogP contribution in [0.4, 0.5) is 0 Å². The molecule has 0 aliphatic heterocycles. The van der Waals surface area contributed by atoms with Gasteiger partial charge in [0.2, 0.25) is 11.8 Å². The highest BCUT2D eigenvalue weighted by Crippen LogP contribution is 2.20. The van der Waals surface area contributed by atoms with Crippen molar-refractivity contribution in [2.75, 3.05) is 0 Å². The van der Waals surface area contributed by atoms with Gasteiger partial charge in [0.25, 0.3) is 5.22 Å². The van der Waals surface area contributed by atoms with Crippen LogP contribution in [0.15, 0.2) is 9.64 Å². The van der Waals surface area contributed by atoms with Crippen LogP contribution in [0.25, 0.3) is 0 Å². The molecule has 1 heterocycles. The van der Waals surface area contributed by atoms with E-state index in [0.717, 1.165) is 11.8 Å². The number of amides is 1. The quantitative estimate of drug-likeness (QED) is 0.306. The van der Waals surface area contributed by atoms with Crippen molar-refractivity contribution in [2.45, 2.75) is 24.3 Å². The van der Waals surface area contributed by atoms with Gasteiger partial charge in [-0.1, -0.05) is 11.8 Å². The third-order valence-corrected chi connectivity index (χ3v) is 2.23. The molecule has 3 N–H and O–H groups in total. The summed E-state index contributed by atoms with van der Waals surface area (Å²) in [4.78, 5) is 11.0. The molecule has 1 amide bonds. The highest BCUT2D eigenvalue weighted by Gasteiger charge is 2.16. The fourth-order valence-corrected chi connectivity index (χ4v) is 1.38. The predicted molar refractivity (Wildman–Crippen MR) is 46.7 cm³/mol. The second-order valence-electron chi connectivity index (χ2n) is 2.36. The largest absolute Gasteiger partial charge is 0.416 e. The molecule has 7 heteroatoms. The van der Waals surface area contributed by atoms with Gasteiger partial charge in [0, 0.05) is 6.92 Å². The smallest absolute Gasteiger partial charge is 0.277 e. The summed E-state index contributed by atoms with van der Waals surface area (Å²) in [5.41, 5.74) is 2.04. The van der Waals surface area contributed by atoms with E-state index in [1.807, 2.05) is 5.43 Å². The molecule has 6 nitrogen and oxygen atoms in total. The number of aryl methyl sites for hydroxylation is 1. The summed E-state index contributed by atoms with van der Waals surface area (Å²) >= 11 is 1.16. The Morgan fingerprint density at radius 3 is 2.85 bits per heavy atom. The topological polar surface area (TPSA) is 94.0 Å². The molecule has 0 aromatic carbocycles. The summed E-state index contributed by atoms with van der Waals surface area (Å²) in [6.07, 6.45) is 0. The Morgan fingerprint density at radius 1 is 1.69 bits per heavy atom. The predicted octanol–water partition coefficient (Wildman–Crippen LogP) is -0.151. The molecule has 72 valence electrons. The molecule has 0 aliphatic rings. The van der Waals surface area contributed by atoms with E-state index in [0.29, 0.717) is 11.1 Å². The standard InChI is InChI=1S/C6H10N4O2S/c1-3(5(11)8-7)13-6-10-9-4(2)12-6/h3H,7H2,1-2H3,(H,8,11). The lowest BCUT2D eigenvalue weighted by Crippen LogP contribution is -2.36. The fraction of sp³-hybridized carbons (Fsp3) is 0.500. The average molecular weight is 202 g/mol. The second-order valence-corrected chi connectivity index (χ2v) is 3.65. The van der Waals surface area contributed by atoms with Gasteiger partial charge >= 0.3 is 0 Å². The molecule has 0 aliphatic carbocycles. The van der Waals surface area contributed by atoms with Gasteiger partial charge < -0.3 is 4.42 Å². The molecular weight excluding hydrogens is 192 g/mol. The first-order valence-corrected chi connectivity index (χ1v) is 4.48. The molecule has 0 fully saturated rings. The number of hydrogen-bond donors (Lipinski definition) is 2. The second kappa shape index (κ2) is 4.24. The zero-order valence-corrected chi connectivity index (χ0v) is 8.09. The Morgan fingerprint density at radius 2 is 2.38 bits per heavy atom. The van der Waals surface area contributed by atoms with Crippen LogP contribution < -0.4 is 11.3 Å². The molecule has 1 unspecified atom stereocenters. The van der Waals surface area contributed by atoms with Crippen LogP contribution in [0.1, 0.15) is 12.8 Å². The summed E-state index contributed by atoms with van der Waals surface area (Å²) < 4.78 is 5.07. The molecule has 0 saturated heterocycles. The number of rotatable bonds is 3. The number of nitrogens with two attached hydrogens (primary N) is 1. The minimum Gasteiger partial charge on any atom is -0.416 e. The SMILES string of the molecule is Cc1nnc(SC(C)C(=O)NN)o1. The van der Waals surface area contributed by atoms with Crippen molar-refractivity contribution < 1.29 is 9.21 Å². The van der Waals surface area contributed by atoms with Gasteiger partial charge in [-0.15, -0.1) is 10.2 Å². The Bertz CT molecular complexity index is 301. The number of nitrogens with zero attached hydrogens (tertiary/aromatic N) is 2. The van der Waals surface area contributed by atoms with E-state index in [1.54, 1.807) is 13.8 Å². The zero-order chi connectivity index (χ0) is 9.84. The van der Waals surface area contributed by atoms with Crippen molar-refractivity contribution >= 4 is 17.7 Å². The maximum atomic E-state index is 11.0. The summed E-state index contributed by atoms with van der Waals surface area (Å²) in [6.45, 7) is 3.39. The van der Waals surface area contributed by atoms with Gasteiger partial charge in [0.15, 0.2) is 0 Å². The number of hydrazine groups is 1. The summed E-state index contributed by atoms with van der Waals surface area (Å²) in [7, 11) is 0. The van der Waals surface area contributed by atoms with Gasteiger partial charge in [-0.05, 0) is 6.92 Å². The fourth-order valence-electron chi connectivity index (χ4n) is 0.648. The molecule has 0 radical (unpaired) electrons. The van der Waals surface area contributed by atoms with Crippen molar-refractivity contribution in [3.63, 3.8) is 0 Å². The average Bonchev–Trinajstić information content (AvgIpc) is 2.49. The number of aromatic nitrogens is 2. The van der Waals surface area contributed by atoms with Crippen molar-refractivity contribution in [3.05, 3.63) is 5.89 Å². The molecule has 1 aromatic rings. The van der Waals surface area contributed by atoms with Crippen LogP contribution in [0.2, 0.25) is 0 Å². The number of carbonyl (C=O) groups is 1. The van der Waals surface area contributed by atoms with Crippen molar-refractivity contribution in [1.82, 2.24) is 15.6 Å². The van der Waals surface area contributed by atoms with Crippen molar-refractivity contribution in [1.29, 1.82) is 0 Å².